The van der Waals surface area contributed by atoms with Gasteiger partial charge in [-0.25, -0.2) is 39.9 Å². The number of fused-ring (bicyclic) bond motifs is 6. The van der Waals surface area contributed by atoms with Crippen LogP contribution in [0.5, 0.6) is 0 Å². The van der Waals surface area contributed by atoms with Gasteiger partial charge >= 0.3 is 0 Å². The number of aromatic nitrogens is 12. The van der Waals surface area contributed by atoms with Gasteiger partial charge in [0.25, 0.3) is 0 Å². The zero-order valence-corrected chi connectivity index (χ0v) is 65.9. The molecule has 0 saturated carbocycles. The Balaban J connectivity index is 0.000000108. The van der Waals surface area contributed by atoms with E-state index in [1.54, 1.807) is 24.8 Å². The van der Waals surface area contributed by atoms with Crippen molar-refractivity contribution in [2.24, 2.45) is 0 Å². The largest absolute Gasteiger partial charge is 0.252 e. The number of hydrogen-bond donors (Lipinski definition) is 0. The van der Waals surface area contributed by atoms with Crippen molar-refractivity contribution in [3.8, 4) is 113 Å². The van der Waals surface area contributed by atoms with Crippen LogP contribution in [0, 0.1) is 0 Å². The molecule has 0 N–H and O–H groups in total. The number of pyridine rings is 4. The lowest BCUT2D eigenvalue weighted by molar-refractivity contribution is 1.20. The maximum absolute atomic E-state index is 4.93. The molecule has 20 rings (SSSR count). The molecule has 0 saturated heterocycles. The minimum atomic E-state index is 0.693. The molecular weight excluding hydrogens is 1640 g/mol. The van der Waals surface area contributed by atoms with E-state index in [4.69, 9.17) is 39.9 Å². The Morgan fingerprint density at radius 1 is 0.179 bits per heavy atom. The Hall–Kier alpha value is -13.0. The molecule has 532 valence electrons. The summed E-state index contributed by atoms with van der Waals surface area (Å²) in [5.41, 5.74) is 22.7. The van der Waals surface area contributed by atoms with Crippen molar-refractivity contribution in [2.45, 2.75) is 0 Å². The molecule has 0 bridgehead atoms. The fourth-order valence-electron chi connectivity index (χ4n) is 13.3. The minimum absolute atomic E-state index is 0.693. The topological polar surface area (TPSA) is 155 Å². The van der Waals surface area contributed by atoms with Crippen LogP contribution in [-0.2, 0) is 0 Å². The summed E-state index contributed by atoms with van der Waals surface area (Å²) in [6.07, 6.45) is 7.15. The molecular formula is C96H60Br4N12. The van der Waals surface area contributed by atoms with E-state index in [1.165, 1.54) is 32.8 Å². The van der Waals surface area contributed by atoms with E-state index in [9.17, 15) is 0 Å². The van der Waals surface area contributed by atoms with Gasteiger partial charge in [0.1, 0.15) is 44.8 Å². The van der Waals surface area contributed by atoms with Crippen molar-refractivity contribution in [3.05, 3.63) is 382 Å². The molecule has 0 aliphatic rings. The van der Waals surface area contributed by atoms with Gasteiger partial charge in [-0.15, -0.1) is 0 Å². The van der Waals surface area contributed by atoms with Crippen LogP contribution in [0.4, 0.5) is 0 Å². The van der Waals surface area contributed by atoms with Crippen LogP contribution < -0.4 is 0 Å². The van der Waals surface area contributed by atoms with Crippen LogP contribution in [0.1, 0.15) is 0 Å². The summed E-state index contributed by atoms with van der Waals surface area (Å²) in [7, 11) is 0. The maximum Gasteiger partial charge on any atom is 0.160 e. The minimum Gasteiger partial charge on any atom is -0.252 e. The van der Waals surface area contributed by atoms with E-state index >= 15 is 0 Å². The molecule has 0 fully saturated rings. The fraction of sp³-hybridized carbons (Fsp3) is 0. The molecule has 0 aliphatic heterocycles. The number of halogens is 4. The van der Waals surface area contributed by atoms with E-state index < -0.39 is 0 Å². The van der Waals surface area contributed by atoms with Crippen LogP contribution in [0.3, 0.4) is 0 Å². The van der Waals surface area contributed by atoms with Gasteiger partial charge in [0.05, 0.1) is 22.1 Å². The maximum atomic E-state index is 4.93. The van der Waals surface area contributed by atoms with Crippen molar-refractivity contribution in [1.82, 2.24) is 59.8 Å². The zero-order valence-electron chi connectivity index (χ0n) is 59.5. The summed E-state index contributed by atoms with van der Waals surface area (Å²) in [6.45, 7) is 0. The lowest BCUT2D eigenvalue weighted by Gasteiger charge is -2.11. The molecule has 12 aromatic carbocycles. The monoisotopic (exact) mass is 1700 g/mol. The molecule has 112 heavy (non-hydrogen) atoms. The highest BCUT2D eigenvalue weighted by atomic mass is 79.9. The van der Waals surface area contributed by atoms with Crippen molar-refractivity contribution in [1.29, 1.82) is 0 Å². The first-order valence-corrected chi connectivity index (χ1v) is 39.1. The van der Waals surface area contributed by atoms with Gasteiger partial charge in [0, 0.05) is 87.2 Å². The number of benzene rings is 12. The number of nitrogens with zero attached hydrogens (tertiary/aromatic N) is 12. The smallest absolute Gasteiger partial charge is 0.160 e. The van der Waals surface area contributed by atoms with E-state index in [2.05, 4.69) is 266 Å². The summed E-state index contributed by atoms with van der Waals surface area (Å²) in [4.78, 5) is 56.9. The Labute approximate surface area is 678 Å². The van der Waals surface area contributed by atoms with Crippen molar-refractivity contribution in [3.63, 3.8) is 0 Å². The molecule has 0 aliphatic carbocycles. The summed E-state index contributed by atoms with van der Waals surface area (Å²) in [5.74, 6) is 2.79. The second kappa shape index (κ2) is 33.1. The third-order valence-electron chi connectivity index (χ3n) is 18.8. The molecule has 16 heteroatoms. The van der Waals surface area contributed by atoms with E-state index in [0.29, 0.717) is 23.3 Å². The predicted molar refractivity (Wildman–Crippen MR) is 470 cm³/mol. The highest BCUT2D eigenvalue weighted by Gasteiger charge is 2.19. The van der Waals surface area contributed by atoms with Crippen molar-refractivity contribution >= 4 is 129 Å². The van der Waals surface area contributed by atoms with Gasteiger partial charge in [-0.2, -0.15) is 0 Å². The van der Waals surface area contributed by atoms with Crippen LogP contribution in [-0.4, -0.2) is 59.8 Å². The fourth-order valence-corrected chi connectivity index (χ4v) is 14.3. The summed E-state index contributed by atoms with van der Waals surface area (Å²) in [5, 5.41) is 4.74. The lowest BCUT2D eigenvalue weighted by atomic mass is 10.0. The Morgan fingerprint density at radius 2 is 0.482 bits per heavy atom. The SMILES string of the molecule is Brc1ccc(-c2nc(-c3ccc(-c4ccccc4)cc3)c3ncccc3n2)cc1.Brc1ccc(-c2nc(-c3ccc4ccccc4c3)c3ncccc3n2)cc1.Brc1ccc(-c2nc(-c3cccc(-c4ccccc4)c3)c3ncccc3n2)cc1.Brc1ccc(-c2nc(-c3cccc4ccccc34)c3ncccc3n2)cc1. The first-order chi connectivity index (χ1) is 55.1. The number of hydrogen-bond acceptors (Lipinski definition) is 12. The first-order valence-electron chi connectivity index (χ1n) is 36.0. The highest BCUT2D eigenvalue weighted by Crippen LogP contribution is 2.37. The molecule has 8 heterocycles. The van der Waals surface area contributed by atoms with Gasteiger partial charge in [-0.3, -0.25) is 19.9 Å². The second-order valence-electron chi connectivity index (χ2n) is 26.1. The number of rotatable bonds is 10. The average molecular weight is 1700 g/mol. The van der Waals surface area contributed by atoms with E-state index in [1.807, 2.05) is 158 Å². The molecule has 8 aromatic heterocycles. The van der Waals surface area contributed by atoms with E-state index in [0.717, 1.165) is 140 Å². The Morgan fingerprint density at radius 3 is 0.938 bits per heavy atom. The van der Waals surface area contributed by atoms with Gasteiger partial charge in [-0.1, -0.05) is 294 Å². The van der Waals surface area contributed by atoms with Gasteiger partial charge in [0.15, 0.2) is 23.3 Å². The van der Waals surface area contributed by atoms with E-state index in [-0.39, 0.29) is 0 Å². The van der Waals surface area contributed by atoms with Crippen LogP contribution in [0.2, 0.25) is 0 Å². The zero-order chi connectivity index (χ0) is 75.7. The third-order valence-corrected chi connectivity index (χ3v) is 20.9. The average Bonchev–Trinajstić information content (AvgIpc) is 0.756. The molecule has 0 atom stereocenters. The Kier molecular flexibility index (Phi) is 21.3. The van der Waals surface area contributed by atoms with Gasteiger partial charge in [0.2, 0.25) is 0 Å². The molecule has 0 unspecified atom stereocenters. The standard InChI is InChI=1S/2C25H16BrN3.2C23H14BrN3/c26-21-13-11-18(12-14-21)25-28-22-10-5-15-27-24(22)23(29-25)20-9-4-8-19(16-20)17-6-2-1-3-7-17;26-21-14-12-20(13-15-21)25-28-22-7-4-16-27-24(22)23(29-25)19-10-8-18(9-11-19)17-5-2-1-3-6-17;24-17-12-10-16(11-13-17)23-26-20-9-4-14-25-22(20)21(27-23)19-8-3-6-15-5-1-2-7-18(15)19;24-19-11-9-16(10-12-19)23-26-20-6-3-13-25-22(20)21(27-23)18-8-7-15-4-1-2-5-17(15)14-18/h2*1-16H;2*1-14H. The van der Waals surface area contributed by atoms with Crippen molar-refractivity contribution in [2.75, 3.05) is 0 Å². The normalized spacial score (nSPS) is 11.0. The highest BCUT2D eigenvalue weighted by molar-refractivity contribution is 9.11. The molecule has 12 nitrogen and oxygen atoms in total. The summed E-state index contributed by atoms with van der Waals surface area (Å²) >= 11 is 13.9. The summed E-state index contributed by atoms with van der Waals surface area (Å²) < 4.78 is 4.12. The molecule has 0 radical (unpaired) electrons. The van der Waals surface area contributed by atoms with Crippen LogP contribution >= 0.6 is 63.7 Å². The van der Waals surface area contributed by atoms with Crippen molar-refractivity contribution < 1.29 is 0 Å². The Bertz CT molecular complexity index is 6780. The quantitative estimate of drug-likeness (QED) is 0.128. The molecule has 20 aromatic rings. The van der Waals surface area contributed by atoms with Crippen LogP contribution in [0.15, 0.2) is 382 Å². The van der Waals surface area contributed by atoms with Gasteiger partial charge < -0.3 is 0 Å². The molecule has 0 spiro atoms. The summed E-state index contributed by atoms with van der Waals surface area (Å²) in [6, 6.07) is 115. The van der Waals surface area contributed by atoms with Gasteiger partial charge in [-0.05, 0) is 153 Å². The first kappa shape index (κ1) is 71.9. The molecule has 0 amide bonds. The van der Waals surface area contributed by atoms with Crippen LogP contribution in [0.25, 0.3) is 179 Å². The lowest BCUT2D eigenvalue weighted by Crippen LogP contribution is -1.97. The second-order valence-corrected chi connectivity index (χ2v) is 29.7. The third kappa shape index (κ3) is 16.1. The predicted octanol–water partition coefficient (Wildman–Crippen LogP) is 26.1.